The fraction of sp³-hybridized carbons (Fsp3) is 0.222. The van der Waals surface area contributed by atoms with Crippen molar-refractivity contribution in [2.24, 2.45) is 0 Å². The Hall–Kier alpha value is -5.86. The fourth-order valence-corrected chi connectivity index (χ4v) is 11.4. The van der Waals surface area contributed by atoms with Crippen molar-refractivity contribution < 1.29 is 4.42 Å². The first-order valence-electron chi connectivity index (χ1n) is 21.0. The van der Waals surface area contributed by atoms with Crippen molar-refractivity contribution in [1.82, 2.24) is 0 Å². The van der Waals surface area contributed by atoms with E-state index < -0.39 is 0 Å². The van der Waals surface area contributed by atoms with Gasteiger partial charge in [0.15, 0.2) is 0 Å². The van der Waals surface area contributed by atoms with Crippen LogP contribution < -0.4 is 4.90 Å². The summed E-state index contributed by atoms with van der Waals surface area (Å²) in [6, 6.07) is 56.1. The van der Waals surface area contributed by atoms with Crippen LogP contribution >= 0.6 is 0 Å². The van der Waals surface area contributed by atoms with Gasteiger partial charge in [0.05, 0.1) is 0 Å². The minimum atomic E-state index is 0.723. The van der Waals surface area contributed by atoms with Crippen LogP contribution in [0.2, 0.25) is 0 Å². The minimum Gasteiger partial charge on any atom is -0.456 e. The zero-order valence-corrected chi connectivity index (χ0v) is 31.8. The number of anilines is 3. The quantitative estimate of drug-likeness (QED) is 0.170. The number of nitrogens with zero attached hydrogens (tertiary/aromatic N) is 1. The number of furan rings is 1. The van der Waals surface area contributed by atoms with E-state index >= 15 is 0 Å². The van der Waals surface area contributed by atoms with Crippen molar-refractivity contribution >= 4 is 39.0 Å². The first-order chi connectivity index (χ1) is 27.7. The standard InChI is InChI=1S/C54H45NO/c1-2-6-34(7-3-1)35-18-25-43(26-19-35)55(44-27-20-36(21-28-44)42-24-31-47-46-8-4-5-9-50(46)56-51(47)32-42)45-29-22-41(23-30-45)54-52-39-14-10-37(11-15-39)48(52)33-49-38-12-16-40(17-13-38)53(49)54/h1-9,18-33,37-40H,10-17H2. The Morgan fingerprint density at radius 1 is 0.357 bits per heavy atom. The van der Waals surface area contributed by atoms with Crippen LogP contribution in [0.25, 0.3) is 55.3 Å². The Labute approximate surface area is 329 Å². The number of para-hydroxylation sites is 1. The van der Waals surface area contributed by atoms with Gasteiger partial charge in [-0.1, -0.05) is 97.1 Å². The van der Waals surface area contributed by atoms with E-state index in [9.17, 15) is 0 Å². The van der Waals surface area contributed by atoms with E-state index in [0.717, 1.165) is 62.5 Å². The van der Waals surface area contributed by atoms with Crippen LogP contribution in [-0.2, 0) is 0 Å². The van der Waals surface area contributed by atoms with Gasteiger partial charge in [-0.25, -0.2) is 0 Å². The molecule has 2 heteroatoms. The zero-order chi connectivity index (χ0) is 36.7. The van der Waals surface area contributed by atoms with Crippen LogP contribution in [0.4, 0.5) is 17.1 Å². The normalized spacial score (nSPS) is 20.6. The lowest BCUT2D eigenvalue weighted by atomic mass is 9.59. The van der Waals surface area contributed by atoms with Crippen LogP contribution in [0.3, 0.4) is 0 Å². The van der Waals surface area contributed by atoms with Crippen molar-refractivity contribution in [2.45, 2.75) is 75.0 Å². The van der Waals surface area contributed by atoms with E-state index in [1.54, 1.807) is 27.8 Å². The van der Waals surface area contributed by atoms with Crippen LogP contribution in [0.1, 0.15) is 97.3 Å². The highest BCUT2D eigenvalue weighted by Gasteiger charge is 2.41. The molecule has 6 aliphatic carbocycles. The average molecular weight is 724 g/mol. The largest absolute Gasteiger partial charge is 0.456 e. The van der Waals surface area contributed by atoms with Gasteiger partial charge in [0.2, 0.25) is 0 Å². The topological polar surface area (TPSA) is 16.4 Å². The second-order valence-electron chi connectivity index (χ2n) is 17.0. The molecule has 1 heterocycles. The maximum Gasteiger partial charge on any atom is 0.136 e. The SMILES string of the molecule is c1ccc(-c2ccc(N(c3ccc(-c4ccc5c(c4)oc4ccccc45)cc3)c3ccc(-c4c5c(cc6c4C4CCC6CC4)C4CCC5CC4)cc3)cc2)cc1. The van der Waals surface area contributed by atoms with Gasteiger partial charge in [-0.05, 0) is 185 Å². The van der Waals surface area contributed by atoms with Gasteiger partial charge in [-0.3, -0.25) is 0 Å². The Morgan fingerprint density at radius 2 is 0.804 bits per heavy atom. The first-order valence-corrected chi connectivity index (χ1v) is 21.0. The molecule has 2 nitrogen and oxygen atoms in total. The molecule has 14 rings (SSSR count). The van der Waals surface area contributed by atoms with Crippen molar-refractivity contribution in [3.8, 4) is 33.4 Å². The summed E-state index contributed by atoms with van der Waals surface area (Å²) in [5.41, 5.74) is 20.1. The molecule has 0 aliphatic heterocycles. The van der Waals surface area contributed by atoms with E-state index in [2.05, 4.69) is 144 Å². The molecule has 4 bridgehead atoms. The number of hydrogen-bond donors (Lipinski definition) is 0. The van der Waals surface area contributed by atoms with E-state index in [0.29, 0.717) is 0 Å². The Balaban J connectivity index is 0.949. The molecule has 272 valence electrons. The molecular weight excluding hydrogens is 679 g/mol. The molecule has 2 saturated carbocycles. The van der Waals surface area contributed by atoms with Crippen LogP contribution in [-0.4, -0.2) is 0 Å². The minimum absolute atomic E-state index is 0.723. The predicted molar refractivity (Wildman–Crippen MR) is 233 cm³/mol. The molecule has 0 unspecified atom stereocenters. The molecule has 8 aromatic rings. The highest BCUT2D eigenvalue weighted by molar-refractivity contribution is 6.05. The molecular formula is C54H45NO. The second kappa shape index (κ2) is 12.8. The van der Waals surface area contributed by atoms with E-state index in [1.807, 2.05) is 12.1 Å². The molecule has 7 aromatic carbocycles. The molecule has 56 heavy (non-hydrogen) atoms. The van der Waals surface area contributed by atoms with Crippen molar-refractivity contribution in [3.63, 3.8) is 0 Å². The zero-order valence-electron chi connectivity index (χ0n) is 31.8. The molecule has 0 amide bonds. The summed E-state index contributed by atoms with van der Waals surface area (Å²) >= 11 is 0. The molecule has 2 fully saturated rings. The highest BCUT2D eigenvalue weighted by Crippen LogP contribution is 2.60. The summed E-state index contributed by atoms with van der Waals surface area (Å²) in [5.74, 6) is 2.97. The van der Waals surface area contributed by atoms with Gasteiger partial charge < -0.3 is 9.32 Å². The second-order valence-corrected chi connectivity index (χ2v) is 17.0. The molecule has 0 saturated heterocycles. The summed E-state index contributed by atoms with van der Waals surface area (Å²) in [6.07, 6.45) is 11.0. The molecule has 0 atom stereocenters. The molecule has 0 spiro atoms. The maximum absolute atomic E-state index is 6.26. The summed E-state index contributed by atoms with van der Waals surface area (Å²) in [7, 11) is 0. The Kier molecular flexibility index (Phi) is 7.43. The van der Waals surface area contributed by atoms with Gasteiger partial charge >= 0.3 is 0 Å². The summed E-state index contributed by atoms with van der Waals surface area (Å²) in [6.45, 7) is 0. The van der Waals surface area contributed by atoms with Crippen LogP contribution in [0.5, 0.6) is 0 Å². The number of rotatable bonds is 6. The monoisotopic (exact) mass is 723 g/mol. The number of benzene rings is 7. The first kappa shape index (κ1) is 32.4. The van der Waals surface area contributed by atoms with E-state index in [1.165, 1.54) is 79.3 Å². The predicted octanol–water partition coefficient (Wildman–Crippen LogP) is 15.6. The third-order valence-corrected chi connectivity index (χ3v) is 14.1. The smallest absolute Gasteiger partial charge is 0.136 e. The van der Waals surface area contributed by atoms with Crippen molar-refractivity contribution in [2.75, 3.05) is 4.90 Å². The third-order valence-electron chi connectivity index (χ3n) is 14.1. The Bertz CT molecular complexity index is 2690. The lowest BCUT2D eigenvalue weighted by Crippen LogP contribution is -2.28. The van der Waals surface area contributed by atoms with Gasteiger partial charge in [0.25, 0.3) is 0 Å². The molecule has 0 N–H and O–H groups in total. The van der Waals surface area contributed by atoms with Crippen molar-refractivity contribution in [1.29, 1.82) is 0 Å². The van der Waals surface area contributed by atoms with Gasteiger partial charge in [0.1, 0.15) is 11.2 Å². The maximum atomic E-state index is 6.26. The number of hydrogen-bond acceptors (Lipinski definition) is 2. The fourth-order valence-electron chi connectivity index (χ4n) is 11.4. The van der Waals surface area contributed by atoms with E-state index in [-0.39, 0.29) is 0 Å². The van der Waals surface area contributed by atoms with Crippen LogP contribution in [0, 0.1) is 0 Å². The third kappa shape index (κ3) is 5.15. The van der Waals surface area contributed by atoms with Crippen LogP contribution in [0.15, 0.2) is 156 Å². The van der Waals surface area contributed by atoms with E-state index in [4.69, 9.17) is 4.42 Å². The summed E-state index contributed by atoms with van der Waals surface area (Å²) < 4.78 is 6.26. The average Bonchev–Trinajstić information content (AvgIpc) is 3.66. The molecule has 1 aromatic heterocycles. The molecule has 6 aliphatic rings. The van der Waals surface area contributed by atoms with Gasteiger partial charge in [-0.2, -0.15) is 0 Å². The lowest BCUT2D eigenvalue weighted by molar-refractivity contribution is 0.342. The molecule has 0 radical (unpaired) electrons. The highest BCUT2D eigenvalue weighted by atomic mass is 16.3. The number of fused-ring (bicyclic) bond motifs is 7. The lowest BCUT2D eigenvalue weighted by Gasteiger charge is -2.46. The van der Waals surface area contributed by atoms with Gasteiger partial charge in [-0.15, -0.1) is 0 Å². The van der Waals surface area contributed by atoms with Gasteiger partial charge in [0, 0.05) is 27.8 Å². The summed E-state index contributed by atoms with van der Waals surface area (Å²) in [5, 5.41) is 2.32. The Morgan fingerprint density at radius 3 is 1.39 bits per heavy atom. The summed E-state index contributed by atoms with van der Waals surface area (Å²) in [4.78, 5) is 2.42. The van der Waals surface area contributed by atoms with Crippen molar-refractivity contribution in [3.05, 3.63) is 174 Å².